The average molecular weight is 472 g/mol. The summed E-state index contributed by atoms with van der Waals surface area (Å²) in [6.07, 6.45) is 2.84. The highest BCUT2D eigenvalue weighted by atomic mass is 16.4. The van der Waals surface area contributed by atoms with E-state index in [0.717, 1.165) is 67.6 Å². The highest BCUT2D eigenvalue weighted by Gasteiger charge is 2.38. The molecule has 3 atom stereocenters. The summed E-state index contributed by atoms with van der Waals surface area (Å²) in [6.45, 7) is 10.7. The van der Waals surface area contributed by atoms with Gasteiger partial charge in [0.15, 0.2) is 5.58 Å². The van der Waals surface area contributed by atoms with Gasteiger partial charge in [-0.1, -0.05) is 12.1 Å². The summed E-state index contributed by atoms with van der Waals surface area (Å²) in [5.41, 5.74) is 1.56. The molecule has 9 nitrogen and oxygen atoms in total. The van der Waals surface area contributed by atoms with Gasteiger partial charge in [0.2, 0.25) is 5.91 Å². The minimum atomic E-state index is -0.263. The molecule has 0 spiro atoms. The van der Waals surface area contributed by atoms with Crippen molar-refractivity contribution >= 4 is 29.1 Å². The van der Waals surface area contributed by atoms with Gasteiger partial charge in [0.25, 0.3) is 6.01 Å². The summed E-state index contributed by atoms with van der Waals surface area (Å²) >= 11 is 0. The number of carbonyl (C=O) groups is 2. The third-order valence-corrected chi connectivity index (χ3v) is 7.38. The molecule has 0 bridgehead atoms. The summed E-state index contributed by atoms with van der Waals surface area (Å²) in [5.74, 6) is 0.0381. The van der Waals surface area contributed by atoms with E-state index in [1.165, 1.54) is 0 Å². The highest BCUT2D eigenvalue weighted by molar-refractivity contribution is 5.85. The maximum atomic E-state index is 13.2. The molecule has 34 heavy (non-hydrogen) atoms. The minimum absolute atomic E-state index is 0.0120. The van der Waals surface area contributed by atoms with Crippen molar-refractivity contribution in [1.82, 2.24) is 20.5 Å². The molecule has 9 heteroatoms. The number of quaternary nitrogens is 1. The average Bonchev–Trinajstić information content (AvgIpc) is 3.24. The van der Waals surface area contributed by atoms with Crippen molar-refractivity contribution in [2.45, 2.75) is 58.2 Å². The number of para-hydroxylation sites is 2. The molecule has 4 rings (SSSR count). The number of nitrogens with one attached hydrogen (secondary N) is 2. The molecule has 2 N–H and O–H groups in total. The van der Waals surface area contributed by atoms with E-state index in [4.69, 9.17) is 4.42 Å². The number of piperazine rings is 1. The Morgan fingerprint density at radius 1 is 1.24 bits per heavy atom. The minimum Gasteiger partial charge on any atom is -0.423 e. The summed E-state index contributed by atoms with van der Waals surface area (Å²) in [7, 11) is 2.22. The number of urea groups is 1. The van der Waals surface area contributed by atoms with Crippen molar-refractivity contribution in [2.75, 3.05) is 51.2 Å². The molecule has 2 saturated heterocycles. The zero-order chi connectivity index (χ0) is 24.3. The van der Waals surface area contributed by atoms with Gasteiger partial charge in [-0.3, -0.25) is 4.79 Å². The number of rotatable bonds is 6. The number of hydrogen-bond donors (Lipinski definition) is 2. The normalized spacial score (nSPS) is 25.6. The molecule has 1 aromatic carbocycles. The van der Waals surface area contributed by atoms with Gasteiger partial charge in [-0.05, 0) is 52.2 Å². The van der Waals surface area contributed by atoms with Crippen LogP contribution in [-0.2, 0) is 4.79 Å². The molecule has 186 valence electrons. The molecule has 0 aliphatic carbocycles. The molecule has 0 radical (unpaired) electrons. The molecule has 2 fully saturated rings. The lowest BCUT2D eigenvalue weighted by atomic mass is 10.0. The fraction of sp³-hybridized carbons (Fsp3) is 0.640. The maximum Gasteiger partial charge on any atom is 0.318 e. The largest absolute Gasteiger partial charge is 0.423 e. The van der Waals surface area contributed by atoms with E-state index in [1.54, 1.807) is 0 Å². The van der Waals surface area contributed by atoms with Crippen LogP contribution in [0.4, 0.5) is 10.8 Å². The van der Waals surface area contributed by atoms with E-state index < -0.39 is 0 Å². The highest BCUT2D eigenvalue weighted by Crippen LogP contribution is 2.28. The van der Waals surface area contributed by atoms with Crippen molar-refractivity contribution in [1.29, 1.82) is 0 Å². The maximum absolute atomic E-state index is 13.2. The number of aromatic nitrogens is 1. The summed E-state index contributed by atoms with van der Waals surface area (Å²) < 4.78 is 6.80. The molecular formula is C25H39N6O3+. The van der Waals surface area contributed by atoms with E-state index in [-0.39, 0.29) is 24.0 Å². The van der Waals surface area contributed by atoms with Crippen molar-refractivity contribution in [2.24, 2.45) is 0 Å². The Balaban J connectivity index is 1.32. The first-order valence-corrected chi connectivity index (χ1v) is 12.6. The summed E-state index contributed by atoms with van der Waals surface area (Å²) in [6, 6.07) is 8.42. The predicted octanol–water partition coefficient (Wildman–Crippen LogP) is 2.57. The number of oxazole rings is 1. The molecule has 3 amide bonds. The number of amides is 3. The van der Waals surface area contributed by atoms with E-state index in [2.05, 4.69) is 29.6 Å². The van der Waals surface area contributed by atoms with Gasteiger partial charge in [0.05, 0.1) is 39.8 Å². The van der Waals surface area contributed by atoms with Crippen LogP contribution in [0.2, 0.25) is 0 Å². The summed E-state index contributed by atoms with van der Waals surface area (Å²) in [4.78, 5) is 34.1. The Labute approximate surface area is 202 Å². The second-order valence-electron chi connectivity index (χ2n) is 10.3. The number of hydrogen-bond acceptors (Lipinski definition) is 5. The van der Waals surface area contributed by atoms with E-state index >= 15 is 0 Å². The van der Waals surface area contributed by atoms with Crippen LogP contribution in [0.1, 0.15) is 40.0 Å². The van der Waals surface area contributed by atoms with Gasteiger partial charge in [-0.2, -0.15) is 4.98 Å². The van der Waals surface area contributed by atoms with Crippen molar-refractivity contribution in [3.63, 3.8) is 0 Å². The quantitative estimate of drug-likeness (QED) is 0.632. The van der Waals surface area contributed by atoms with Gasteiger partial charge >= 0.3 is 6.03 Å². The first-order chi connectivity index (χ1) is 16.3. The van der Waals surface area contributed by atoms with Crippen LogP contribution in [0.3, 0.4) is 0 Å². The Kier molecular flexibility index (Phi) is 7.30. The van der Waals surface area contributed by atoms with E-state index in [1.807, 2.05) is 47.9 Å². The van der Waals surface area contributed by atoms with Crippen LogP contribution in [-0.4, -0.2) is 90.7 Å². The number of anilines is 1. The standard InChI is InChI=1S/C25H38N6O3/c1-18(2)27-24(33)29-14-16-31(4,19(3)17-29)15-12-26-23(32)21-10-7-8-13-30(21)25-28-20-9-5-6-11-22(20)34-25/h5-6,9,11,18-19,21H,7-8,10,12-17H2,1-4H3,(H-,26,27,32,33)/p+1/t19-,21-,31+/m0/s1. The number of fused-ring (bicyclic) bond motifs is 1. The zero-order valence-electron chi connectivity index (χ0n) is 20.9. The van der Waals surface area contributed by atoms with Crippen LogP contribution in [0, 0.1) is 0 Å². The number of carbonyl (C=O) groups excluding carboxylic acids is 2. The number of piperidine rings is 1. The van der Waals surface area contributed by atoms with Crippen LogP contribution in [0.5, 0.6) is 0 Å². The number of nitrogens with zero attached hydrogens (tertiary/aromatic N) is 4. The van der Waals surface area contributed by atoms with Crippen LogP contribution in [0.15, 0.2) is 28.7 Å². The number of benzene rings is 1. The fourth-order valence-corrected chi connectivity index (χ4v) is 5.00. The molecule has 2 aromatic rings. The van der Waals surface area contributed by atoms with E-state index in [9.17, 15) is 9.59 Å². The molecule has 2 aliphatic heterocycles. The third-order valence-electron chi connectivity index (χ3n) is 7.38. The van der Waals surface area contributed by atoms with Gasteiger partial charge < -0.3 is 29.3 Å². The SMILES string of the molecule is CC(C)NC(=O)N1CC[N@@+](C)(CCNC(=O)[C@@H]2CCCCN2c2nc3ccccc3o2)[C@@H](C)C1. The van der Waals surface area contributed by atoms with Crippen LogP contribution < -0.4 is 15.5 Å². The molecule has 2 aliphatic rings. The third kappa shape index (κ3) is 5.29. The van der Waals surface area contributed by atoms with Gasteiger partial charge in [0.1, 0.15) is 17.6 Å². The predicted molar refractivity (Wildman–Crippen MR) is 133 cm³/mol. The Bertz CT molecular complexity index is 974. The molecule has 1 aromatic heterocycles. The first-order valence-electron chi connectivity index (χ1n) is 12.6. The van der Waals surface area contributed by atoms with Crippen molar-refractivity contribution in [3.05, 3.63) is 24.3 Å². The van der Waals surface area contributed by atoms with Crippen LogP contribution >= 0.6 is 0 Å². The zero-order valence-corrected chi connectivity index (χ0v) is 20.9. The van der Waals surface area contributed by atoms with Gasteiger partial charge in [0, 0.05) is 12.6 Å². The summed E-state index contributed by atoms with van der Waals surface area (Å²) in [5, 5.41) is 6.17. The molecular weight excluding hydrogens is 432 g/mol. The molecule has 0 unspecified atom stereocenters. The van der Waals surface area contributed by atoms with Crippen LogP contribution in [0.25, 0.3) is 11.1 Å². The topological polar surface area (TPSA) is 90.7 Å². The number of likely N-dealkylation sites (N-methyl/N-ethyl adjacent to an activating group) is 1. The van der Waals surface area contributed by atoms with Crippen molar-refractivity contribution in [3.8, 4) is 0 Å². The second kappa shape index (κ2) is 10.2. The Hall–Kier alpha value is -2.81. The van der Waals surface area contributed by atoms with Gasteiger partial charge in [-0.25, -0.2) is 4.79 Å². The molecule has 3 heterocycles. The Morgan fingerprint density at radius 3 is 2.76 bits per heavy atom. The van der Waals surface area contributed by atoms with E-state index in [0.29, 0.717) is 18.6 Å². The smallest absolute Gasteiger partial charge is 0.318 e. The Morgan fingerprint density at radius 2 is 2.03 bits per heavy atom. The van der Waals surface area contributed by atoms with Crippen molar-refractivity contribution < 1.29 is 18.5 Å². The second-order valence-corrected chi connectivity index (χ2v) is 10.3. The monoisotopic (exact) mass is 471 g/mol. The fourth-order valence-electron chi connectivity index (χ4n) is 5.00. The first kappa shape index (κ1) is 24.3. The van der Waals surface area contributed by atoms with Gasteiger partial charge in [-0.15, -0.1) is 0 Å². The lowest BCUT2D eigenvalue weighted by Gasteiger charge is -2.47. The lowest BCUT2D eigenvalue weighted by Crippen LogP contribution is -2.66. The lowest BCUT2D eigenvalue weighted by molar-refractivity contribution is -0.934. The molecule has 0 saturated carbocycles.